The van der Waals surface area contributed by atoms with Gasteiger partial charge in [0.25, 0.3) is 0 Å². The fraction of sp³-hybridized carbons (Fsp3) is 0.273. The zero-order chi connectivity index (χ0) is 12.8. The Morgan fingerprint density at radius 3 is 2.71 bits per heavy atom. The van der Waals surface area contributed by atoms with Crippen molar-refractivity contribution in [2.75, 3.05) is 24.2 Å². The number of anilines is 2. The van der Waals surface area contributed by atoms with Crippen LogP contribution in [0.5, 0.6) is 0 Å². The Morgan fingerprint density at radius 2 is 2.12 bits per heavy atom. The van der Waals surface area contributed by atoms with Crippen molar-refractivity contribution in [3.8, 4) is 0 Å². The highest BCUT2D eigenvalue weighted by molar-refractivity contribution is 5.99. The highest BCUT2D eigenvalue weighted by Gasteiger charge is 2.14. The molecule has 5 N–H and O–H groups in total. The second kappa shape index (κ2) is 5.74. The highest BCUT2D eigenvalue weighted by Crippen LogP contribution is 2.23. The average Bonchev–Trinajstić information content (AvgIpc) is 2.27. The Bertz CT molecular complexity index is 432. The van der Waals surface area contributed by atoms with Crippen LogP contribution in [0.3, 0.4) is 0 Å². The van der Waals surface area contributed by atoms with Crippen molar-refractivity contribution in [1.29, 1.82) is 0 Å². The number of carbonyl (C=O) groups is 2. The van der Waals surface area contributed by atoms with E-state index in [1.165, 1.54) is 0 Å². The minimum absolute atomic E-state index is 0.0966. The number of hydrogen-bond acceptors (Lipinski definition) is 5. The van der Waals surface area contributed by atoms with E-state index >= 15 is 0 Å². The molecule has 1 amide bonds. The van der Waals surface area contributed by atoms with Gasteiger partial charge in [-0.3, -0.25) is 4.79 Å². The zero-order valence-electron chi connectivity index (χ0n) is 9.53. The molecule has 0 radical (unpaired) electrons. The summed E-state index contributed by atoms with van der Waals surface area (Å²) < 4.78 is 4.88. The second-order valence-electron chi connectivity index (χ2n) is 3.31. The van der Waals surface area contributed by atoms with Crippen LogP contribution in [-0.2, 0) is 9.53 Å². The smallest absolute Gasteiger partial charge is 0.340 e. The predicted octanol–water partition coefficient (Wildman–Crippen LogP) is 0.343. The summed E-state index contributed by atoms with van der Waals surface area (Å²) in [6.45, 7) is 1.88. The summed E-state index contributed by atoms with van der Waals surface area (Å²) in [7, 11) is 0. The van der Waals surface area contributed by atoms with Gasteiger partial charge in [0.1, 0.15) is 0 Å². The summed E-state index contributed by atoms with van der Waals surface area (Å²) in [4.78, 5) is 22.3. The van der Waals surface area contributed by atoms with Gasteiger partial charge in [-0.05, 0) is 19.1 Å². The van der Waals surface area contributed by atoms with E-state index in [4.69, 9.17) is 16.2 Å². The first-order valence-electron chi connectivity index (χ1n) is 5.14. The van der Waals surface area contributed by atoms with Gasteiger partial charge in [0.2, 0.25) is 5.91 Å². The Morgan fingerprint density at radius 1 is 1.41 bits per heavy atom. The maximum Gasteiger partial charge on any atom is 0.340 e. The highest BCUT2D eigenvalue weighted by atomic mass is 16.5. The van der Waals surface area contributed by atoms with Crippen molar-refractivity contribution in [2.24, 2.45) is 5.73 Å². The molecule has 0 fully saturated rings. The molecule has 0 aliphatic rings. The lowest BCUT2D eigenvalue weighted by Crippen LogP contribution is -2.23. The molecular weight excluding hydrogens is 222 g/mol. The number of esters is 1. The molecule has 6 nitrogen and oxygen atoms in total. The van der Waals surface area contributed by atoms with Gasteiger partial charge >= 0.3 is 5.97 Å². The molecule has 0 bridgehead atoms. The number of para-hydroxylation sites is 1. The molecule has 92 valence electrons. The molecular formula is C11H15N3O3. The molecule has 1 rings (SSSR count). The topological polar surface area (TPSA) is 107 Å². The second-order valence-corrected chi connectivity index (χ2v) is 3.31. The van der Waals surface area contributed by atoms with Crippen LogP contribution in [0.4, 0.5) is 11.4 Å². The van der Waals surface area contributed by atoms with Crippen molar-refractivity contribution in [2.45, 2.75) is 6.92 Å². The van der Waals surface area contributed by atoms with Crippen LogP contribution in [0.25, 0.3) is 0 Å². The van der Waals surface area contributed by atoms with Gasteiger partial charge in [-0.2, -0.15) is 0 Å². The number of carbonyl (C=O) groups excluding carboxylic acids is 2. The van der Waals surface area contributed by atoms with Crippen LogP contribution in [0.1, 0.15) is 17.3 Å². The van der Waals surface area contributed by atoms with Crippen LogP contribution in [0, 0.1) is 0 Å². The minimum Gasteiger partial charge on any atom is -0.462 e. The summed E-state index contributed by atoms with van der Waals surface area (Å²) in [5.41, 5.74) is 11.7. The summed E-state index contributed by atoms with van der Waals surface area (Å²) in [6, 6.07) is 4.82. The van der Waals surface area contributed by atoms with E-state index in [1.807, 2.05) is 0 Å². The lowest BCUT2D eigenvalue weighted by molar-refractivity contribution is -0.116. The number of nitrogen functional groups attached to an aromatic ring is 1. The standard InChI is InChI=1S/C11H15N3O3/c1-2-17-11(16)7-4-3-5-8(12)10(7)14-6-9(13)15/h3-5,14H,2,6,12H2,1H3,(H2,13,15). The fourth-order valence-electron chi connectivity index (χ4n) is 1.32. The molecule has 1 aromatic carbocycles. The molecule has 6 heteroatoms. The third-order valence-corrected chi connectivity index (χ3v) is 2.03. The Kier molecular flexibility index (Phi) is 4.33. The van der Waals surface area contributed by atoms with Crippen LogP contribution in [-0.4, -0.2) is 25.0 Å². The molecule has 0 heterocycles. The van der Waals surface area contributed by atoms with E-state index in [2.05, 4.69) is 5.32 Å². The van der Waals surface area contributed by atoms with Crippen molar-refractivity contribution < 1.29 is 14.3 Å². The van der Waals surface area contributed by atoms with Crippen LogP contribution in [0.15, 0.2) is 18.2 Å². The molecule has 0 aromatic heterocycles. The van der Waals surface area contributed by atoms with Gasteiger partial charge in [0.05, 0.1) is 30.1 Å². The molecule has 0 saturated heterocycles. The van der Waals surface area contributed by atoms with Crippen LogP contribution < -0.4 is 16.8 Å². The molecule has 0 saturated carbocycles. The SMILES string of the molecule is CCOC(=O)c1cccc(N)c1NCC(N)=O. The first-order chi connectivity index (χ1) is 8.06. The number of rotatable bonds is 5. The van der Waals surface area contributed by atoms with Gasteiger partial charge in [0.15, 0.2) is 0 Å². The lowest BCUT2D eigenvalue weighted by atomic mass is 10.1. The summed E-state index contributed by atoms with van der Waals surface area (Å²) in [5, 5.41) is 2.72. The minimum atomic E-state index is -0.539. The molecule has 17 heavy (non-hydrogen) atoms. The predicted molar refractivity (Wildman–Crippen MR) is 64.5 cm³/mol. The Hall–Kier alpha value is -2.24. The Balaban J connectivity index is 2.99. The number of nitrogens with two attached hydrogens (primary N) is 2. The molecule has 0 atom stereocenters. The van der Waals surface area contributed by atoms with Gasteiger partial charge < -0.3 is 21.5 Å². The maximum atomic E-state index is 11.6. The van der Waals surface area contributed by atoms with Crippen molar-refractivity contribution in [3.63, 3.8) is 0 Å². The molecule has 0 aliphatic carbocycles. The summed E-state index contributed by atoms with van der Waals surface area (Å²) in [5.74, 6) is -1.03. The van der Waals surface area contributed by atoms with Crippen LogP contribution >= 0.6 is 0 Å². The van der Waals surface area contributed by atoms with Gasteiger partial charge in [-0.25, -0.2) is 4.79 Å². The van der Waals surface area contributed by atoms with Crippen molar-refractivity contribution >= 4 is 23.3 Å². The quantitative estimate of drug-likeness (QED) is 0.505. The number of benzene rings is 1. The van der Waals surface area contributed by atoms with Crippen LogP contribution in [0.2, 0.25) is 0 Å². The third kappa shape index (κ3) is 3.37. The molecule has 0 aliphatic heterocycles. The molecule has 0 unspecified atom stereocenters. The third-order valence-electron chi connectivity index (χ3n) is 2.03. The molecule has 0 spiro atoms. The van der Waals surface area contributed by atoms with E-state index in [0.717, 1.165) is 0 Å². The fourth-order valence-corrected chi connectivity index (χ4v) is 1.32. The number of amides is 1. The maximum absolute atomic E-state index is 11.6. The number of hydrogen-bond donors (Lipinski definition) is 3. The normalized spacial score (nSPS) is 9.71. The van der Waals surface area contributed by atoms with Crippen molar-refractivity contribution in [3.05, 3.63) is 23.8 Å². The van der Waals surface area contributed by atoms with E-state index in [1.54, 1.807) is 25.1 Å². The average molecular weight is 237 g/mol. The number of ether oxygens (including phenoxy) is 1. The van der Waals surface area contributed by atoms with Gasteiger partial charge in [0, 0.05) is 0 Å². The van der Waals surface area contributed by atoms with Crippen molar-refractivity contribution in [1.82, 2.24) is 0 Å². The van der Waals surface area contributed by atoms with E-state index in [-0.39, 0.29) is 18.7 Å². The zero-order valence-corrected chi connectivity index (χ0v) is 9.53. The van der Waals surface area contributed by atoms with E-state index < -0.39 is 11.9 Å². The molecule has 1 aromatic rings. The lowest BCUT2D eigenvalue weighted by Gasteiger charge is -2.12. The first-order valence-corrected chi connectivity index (χ1v) is 5.14. The monoisotopic (exact) mass is 237 g/mol. The first kappa shape index (κ1) is 12.8. The summed E-state index contributed by atoms with van der Waals surface area (Å²) in [6.07, 6.45) is 0. The largest absolute Gasteiger partial charge is 0.462 e. The summed E-state index contributed by atoms with van der Waals surface area (Å²) >= 11 is 0. The van der Waals surface area contributed by atoms with E-state index in [9.17, 15) is 9.59 Å². The van der Waals surface area contributed by atoms with E-state index in [0.29, 0.717) is 11.4 Å². The number of nitrogens with one attached hydrogen (secondary N) is 1. The Labute approximate surface area is 98.9 Å². The van der Waals surface area contributed by atoms with Gasteiger partial charge in [-0.1, -0.05) is 6.07 Å². The van der Waals surface area contributed by atoms with Gasteiger partial charge in [-0.15, -0.1) is 0 Å². The number of primary amides is 1.